The number of rotatable bonds is 3. The van der Waals surface area contributed by atoms with Crippen molar-refractivity contribution in [2.75, 3.05) is 12.4 Å². The molecule has 0 aliphatic heterocycles. The second-order valence-electron chi connectivity index (χ2n) is 3.67. The summed E-state index contributed by atoms with van der Waals surface area (Å²) in [6.07, 6.45) is 0. The normalized spacial score (nSPS) is 11.1. The van der Waals surface area contributed by atoms with Crippen LogP contribution in [0.2, 0.25) is 0 Å². The highest BCUT2D eigenvalue weighted by atomic mass is 16.5. The van der Waals surface area contributed by atoms with E-state index in [1.54, 1.807) is 7.05 Å². The first-order valence-electron chi connectivity index (χ1n) is 5.60. The molecule has 18 heavy (non-hydrogen) atoms. The van der Waals surface area contributed by atoms with Crippen molar-refractivity contribution < 1.29 is 4.74 Å². The zero-order valence-electron chi connectivity index (χ0n) is 10.1. The van der Waals surface area contributed by atoms with E-state index in [2.05, 4.69) is 10.3 Å². The zero-order valence-corrected chi connectivity index (χ0v) is 10.1. The number of guanidine groups is 1. The van der Waals surface area contributed by atoms with Crippen LogP contribution in [-0.2, 0) is 0 Å². The van der Waals surface area contributed by atoms with Gasteiger partial charge in [-0.2, -0.15) is 0 Å². The quantitative estimate of drug-likeness (QED) is 0.641. The summed E-state index contributed by atoms with van der Waals surface area (Å²) in [6, 6.07) is 17.2. The standard InChI is InChI=1S/C14H15N3O/c1-16-14(15)17-11-7-9-13(10-8-11)18-12-5-3-2-4-6-12/h2-10H,1H3,(H3,15,16,17). The molecule has 0 heterocycles. The Labute approximate surface area is 106 Å². The van der Waals surface area contributed by atoms with Gasteiger partial charge in [0.05, 0.1) is 0 Å². The maximum atomic E-state index is 5.68. The molecule has 0 amide bonds. The van der Waals surface area contributed by atoms with Crippen molar-refractivity contribution in [3.05, 3.63) is 54.6 Å². The van der Waals surface area contributed by atoms with E-state index in [9.17, 15) is 0 Å². The van der Waals surface area contributed by atoms with Gasteiger partial charge in [-0.15, -0.1) is 0 Å². The molecule has 0 fully saturated rings. The highest BCUT2D eigenvalue weighted by Crippen LogP contribution is 2.22. The fourth-order valence-electron chi connectivity index (χ4n) is 1.43. The van der Waals surface area contributed by atoms with E-state index in [0.29, 0.717) is 5.96 Å². The molecule has 0 aromatic heterocycles. The number of hydrogen-bond donors (Lipinski definition) is 2. The van der Waals surface area contributed by atoms with Crippen LogP contribution in [0.5, 0.6) is 11.5 Å². The number of nitrogens with zero attached hydrogens (tertiary/aromatic N) is 1. The second kappa shape index (κ2) is 5.72. The molecule has 0 radical (unpaired) electrons. The number of benzene rings is 2. The molecule has 92 valence electrons. The zero-order chi connectivity index (χ0) is 12.8. The van der Waals surface area contributed by atoms with Gasteiger partial charge in [0.25, 0.3) is 0 Å². The third-order valence-corrected chi connectivity index (χ3v) is 2.35. The molecule has 0 atom stereocenters. The molecule has 0 aliphatic carbocycles. The maximum Gasteiger partial charge on any atom is 0.192 e. The summed E-state index contributed by atoms with van der Waals surface area (Å²) >= 11 is 0. The van der Waals surface area contributed by atoms with Crippen molar-refractivity contribution in [3.8, 4) is 11.5 Å². The third-order valence-electron chi connectivity index (χ3n) is 2.35. The predicted octanol–water partition coefficient (Wildman–Crippen LogP) is 2.84. The Balaban J connectivity index is 2.04. The first-order valence-corrected chi connectivity index (χ1v) is 5.60. The minimum atomic E-state index is 0.381. The summed E-state index contributed by atoms with van der Waals surface area (Å²) in [7, 11) is 1.63. The number of anilines is 1. The Morgan fingerprint density at radius 1 is 1.00 bits per heavy atom. The van der Waals surface area contributed by atoms with Gasteiger partial charge in [-0.3, -0.25) is 4.99 Å². The summed E-state index contributed by atoms with van der Waals surface area (Å²) in [6.45, 7) is 0. The molecule has 0 spiro atoms. The van der Waals surface area contributed by atoms with Crippen molar-refractivity contribution in [2.45, 2.75) is 0 Å². The predicted molar refractivity (Wildman–Crippen MR) is 74.1 cm³/mol. The van der Waals surface area contributed by atoms with E-state index in [-0.39, 0.29) is 0 Å². The number of ether oxygens (including phenoxy) is 1. The van der Waals surface area contributed by atoms with Gasteiger partial charge in [0, 0.05) is 12.7 Å². The molecule has 0 bridgehead atoms. The number of nitrogens with two attached hydrogens (primary N) is 1. The molecule has 0 aliphatic rings. The van der Waals surface area contributed by atoms with E-state index in [1.807, 2.05) is 54.6 Å². The van der Waals surface area contributed by atoms with Crippen LogP contribution < -0.4 is 15.8 Å². The number of para-hydroxylation sites is 1. The van der Waals surface area contributed by atoms with Crippen LogP contribution in [-0.4, -0.2) is 13.0 Å². The fourth-order valence-corrected chi connectivity index (χ4v) is 1.43. The largest absolute Gasteiger partial charge is 0.457 e. The van der Waals surface area contributed by atoms with Crippen LogP contribution in [0, 0.1) is 0 Å². The smallest absolute Gasteiger partial charge is 0.192 e. The van der Waals surface area contributed by atoms with Gasteiger partial charge in [-0.05, 0) is 36.4 Å². The van der Waals surface area contributed by atoms with Crippen LogP contribution in [0.15, 0.2) is 59.6 Å². The number of hydrogen-bond acceptors (Lipinski definition) is 2. The SMILES string of the molecule is CN=C(N)Nc1ccc(Oc2ccccc2)cc1. The van der Waals surface area contributed by atoms with Gasteiger partial charge >= 0.3 is 0 Å². The molecular formula is C14H15N3O. The van der Waals surface area contributed by atoms with Gasteiger partial charge in [0.2, 0.25) is 0 Å². The Kier molecular flexibility index (Phi) is 3.81. The number of aliphatic imine (C=N–C) groups is 1. The third kappa shape index (κ3) is 3.25. The average molecular weight is 241 g/mol. The summed E-state index contributed by atoms with van der Waals surface area (Å²) in [4.78, 5) is 3.83. The van der Waals surface area contributed by atoms with E-state index in [0.717, 1.165) is 17.2 Å². The van der Waals surface area contributed by atoms with Crippen LogP contribution in [0.25, 0.3) is 0 Å². The Morgan fingerprint density at radius 3 is 2.22 bits per heavy atom. The van der Waals surface area contributed by atoms with E-state index >= 15 is 0 Å². The summed E-state index contributed by atoms with van der Waals surface area (Å²) in [5, 5.41) is 2.95. The van der Waals surface area contributed by atoms with E-state index in [1.165, 1.54) is 0 Å². The van der Waals surface area contributed by atoms with Crippen LogP contribution in [0.3, 0.4) is 0 Å². The molecule has 0 unspecified atom stereocenters. The monoisotopic (exact) mass is 241 g/mol. The first-order chi connectivity index (χ1) is 8.78. The van der Waals surface area contributed by atoms with Crippen molar-refractivity contribution in [3.63, 3.8) is 0 Å². The molecule has 0 saturated carbocycles. The molecule has 2 aromatic rings. The average Bonchev–Trinajstić information content (AvgIpc) is 2.42. The van der Waals surface area contributed by atoms with Gasteiger partial charge in [-0.1, -0.05) is 18.2 Å². The van der Waals surface area contributed by atoms with Gasteiger partial charge in [0.15, 0.2) is 5.96 Å². The van der Waals surface area contributed by atoms with Crippen LogP contribution in [0.1, 0.15) is 0 Å². The van der Waals surface area contributed by atoms with Crippen molar-refractivity contribution in [1.82, 2.24) is 0 Å². The minimum absolute atomic E-state index is 0.381. The van der Waals surface area contributed by atoms with Crippen LogP contribution >= 0.6 is 0 Å². The number of nitrogens with one attached hydrogen (secondary N) is 1. The lowest BCUT2D eigenvalue weighted by molar-refractivity contribution is 0.483. The fraction of sp³-hybridized carbons (Fsp3) is 0.0714. The molecule has 0 saturated heterocycles. The van der Waals surface area contributed by atoms with Crippen LogP contribution in [0.4, 0.5) is 5.69 Å². The Morgan fingerprint density at radius 2 is 1.61 bits per heavy atom. The Hall–Kier alpha value is -2.49. The van der Waals surface area contributed by atoms with E-state index in [4.69, 9.17) is 10.5 Å². The molecule has 2 aromatic carbocycles. The van der Waals surface area contributed by atoms with Crippen molar-refractivity contribution >= 4 is 11.6 Å². The lowest BCUT2D eigenvalue weighted by Gasteiger charge is -2.07. The molecule has 2 rings (SSSR count). The molecule has 4 nitrogen and oxygen atoms in total. The van der Waals surface area contributed by atoms with Gasteiger partial charge in [-0.25, -0.2) is 0 Å². The second-order valence-corrected chi connectivity index (χ2v) is 3.67. The molecule has 3 N–H and O–H groups in total. The van der Waals surface area contributed by atoms with Crippen molar-refractivity contribution in [2.24, 2.45) is 10.7 Å². The van der Waals surface area contributed by atoms with Crippen molar-refractivity contribution in [1.29, 1.82) is 0 Å². The topological polar surface area (TPSA) is 59.6 Å². The molecular weight excluding hydrogens is 226 g/mol. The summed E-state index contributed by atoms with van der Waals surface area (Å²) in [5.74, 6) is 1.97. The Bertz CT molecular complexity index is 520. The minimum Gasteiger partial charge on any atom is -0.457 e. The van der Waals surface area contributed by atoms with E-state index < -0.39 is 0 Å². The summed E-state index contributed by atoms with van der Waals surface area (Å²) < 4.78 is 5.68. The highest BCUT2D eigenvalue weighted by molar-refractivity contribution is 5.92. The lowest BCUT2D eigenvalue weighted by atomic mass is 10.3. The summed E-state index contributed by atoms with van der Waals surface area (Å²) in [5.41, 5.74) is 6.45. The first kappa shape index (κ1) is 12.0. The highest BCUT2D eigenvalue weighted by Gasteiger charge is 1.98. The lowest BCUT2D eigenvalue weighted by Crippen LogP contribution is -2.21. The van der Waals surface area contributed by atoms with Gasteiger partial charge in [0.1, 0.15) is 11.5 Å². The molecule has 4 heteroatoms. The maximum absolute atomic E-state index is 5.68. The van der Waals surface area contributed by atoms with Gasteiger partial charge < -0.3 is 15.8 Å².